The molecule has 0 fully saturated rings. The van der Waals surface area contributed by atoms with Crippen molar-refractivity contribution in [2.75, 3.05) is 0 Å². The van der Waals surface area contributed by atoms with Gasteiger partial charge in [0.2, 0.25) is 0 Å². The van der Waals surface area contributed by atoms with Crippen molar-refractivity contribution in [1.29, 1.82) is 0 Å². The Morgan fingerprint density at radius 1 is 1.50 bits per heavy atom. The summed E-state index contributed by atoms with van der Waals surface area (Å²) < 4.78 is 1.47. The average Bonchev–Trinajstić information content (AvgIpc) is 2.77. The number of aromatic nitrogens is 4. The highest BCUT2D eigenvalue weighted by molar-refractivity contribution is 6.20. The van der Waals surface area contributed by atoms with E-state index in [0.717, 1.165) is 0 Å². The third-order valence-corrected chi connectivity index (χ3v) is 2.67. The summed E-state index contributed by atoms with van der Waals surface area (Å²) in [5.74, 6) is 0.491. The van der Waals surface area contributed by atoms with Gasteiger partial charge >= 0.3 is 0 Å². The van der Waals surface area contributed by atoms with Gasteiger partial charge in [0.05, 0.1) is 16.0 Å². The third-order valence-electron chi connectivity index (χ3n) is 2.47. The van der Waals surface area contributed by atoms with E-state index in [1.165, 1.54) is 10.7 Å². The first-order valence-corrected chi connectivity index (χ1v) is 5.62. The van der Waals surface area contributed by atoms with Crippen molar-refractivity contribution >= 4 is 17.3 Å². The van der Waals surface area contributed by atoms with Gasteiger partial charge in [0, 0.05) is 11.6 Å². The molecule has 0 saturated carbocycles. The molecule has 2 rings (SSSR count). The Hall–Kier alpha value is -2.02. The first kappa shape index (κ1) is 12.4. The Morgan fingerprint density at radius 2 is 2.22 bits per heavy atom. The summed E-state index contributed by atoms with van der Waals surface area (Å²) in [5, 5.41) is 21.6. The van der Waals surface area contributed by atoms with Crippen LogP contribution in [0.1, 0.15) is 23.7 Å². The summed E-state index contributed by atoms with van der Waals surface area (Å²) in [5.41, 5.74) is 1.25. The van der Waals surface area contributed by atoms with Crippen LogP contribution in [0.25, 0.3) is 5.69 Å². The summed E-state index contributed by atoms with van der Waals surface area (Å²) in [6, 6.07) is 4.66. The monoisotopic (exact) mass is 267 g/mol. The van der Waals surface area contributed by atoms with Crippen molar-refractivity contribution in [2.45, 2.75) is 19.2 Å². The molecular weight excluding hydrogens is 258 g/mol. The Bertz CT molecular complexity index is 596. The van der Waals surface area contributed by atoms with Crippen LogP contribution in [-0.2, 0) is 0 Å². The smallest absolute Gasteiger partial charge is 0.258 e. The number of halogens is 1. The van der Waals surface area contributed by atoms with Crippen molar-refractivity contribution in [3.05, 3.63) is 39.7 Å². The number of aryl methyl sites for hydroxylation is 1. The van der Waals surface area contributed by atoms with Gasteiger partial charge in [-0.3, -0.25) is 10.1 Å². The Balaban J connectivity index is 2.49. The van der Waals surface area contributed by atoms with E-state index < -0.39 is 4.92 Å². The van der Waals surface area contributed by atoms with Gasteiger partial charge in [0.25, 0.3) is 5.69 Å². The van der Waals surface area contributed by atoms with Gasteiger partial charge < -0.3 is 0 Å². The number of hydrogen-bond acceptors (Lipinski definition) is 5. The number of nitrogens with zero attached hydrogens (tertiary/aromatic N) is 5. The average molecular weight is 268 g/mol. The molecule has 0 bridgehead atoms. The van der Waals surface area contributed by atoms with E-state index in [0.29, 0.717) is 17.1 Å². The molecule has 2 aromatic rings. The SMILES string of the molecule is Cc1cc(-n2nnnc2C(C)Cl)ccc1[N+](=O)[O-]. The van der Waals surface area contributed by atoms with Crippen molar-refractivity contribution in [2.24, 2.45) is 0 Å². The molecule has 1 aromatic carbocycles. The molecule has 7 nitrogen and oxygen atoms in total. The van der Waals surface area contributed by atoms with Crippen LogP contribution in [-0.4, -0.2) is 25.1 Å². The zero-order chi connectivity index (χ0) is 13.3. The fourth-order valence-electron chi connectivity index (χ4n) is 1.60. The van der Waals surface area contributed by atoms with Crippen molar-refractivity contribution < 1.29 is 4.92 Å². The van der Waals surface area contributed by atoms with E-state index in [1.807, 2.05) is 0 Å². The molecule has 94 valence electrons. The molecular formula is C10H10ClN5O2. The van der Waals surface area contributed by atoms with E-state index in [1.54, 1.807) is 26.0 Å². The number of nitro groups is 1. The maximum absolute atomic E-state index is 10.7. The fraction of sp³-hybridized carbons (Fsp3) is 0.300. The predicted octanol–water partition coefficient (Wildman–Crippen LogP) is 2.18. The van der Waals surface area contributed by atoms with Gasteiger partial charge in [0.1, 0.15) is 0 Å². The quantitative estimate of drug-likeness (QED) is 0.483. The van der Waals surface area contributed by atoms with Crippen LogP contribution in [0.5, 0.6) is 0 Å². The largest absolute Gasteiger partial charge is 0.272 e. The summed E-state index contributed by atoms with van der Waals surface area (Å²) in [6.45, 7) is 3.41. The number of benzene rings is 1. The highest BCUT2D eigenvalue weighted by Crippen LogP contribution is 2.23. The van der Waals surface area contributed by atoms with E-state index in [-0.39, 0.29) is 11.1 Å². The minimum Gasteiger partial charge on any atom is -0.258 e. The van der Waals surface area contributed by atoms with Crippen LogP contribution in [0.2, 0.25) is 0 Å². The maximum Gasteiger partial charge on any atom is 0.272 e. The number of alkyl halides is 1. The molecule has 0 amide bonds. The fourth-order valence-corrected chi connectivity index (χ4v) is 1.74. The second-order valence-electron chi connectivity index (χ2n) is 3.79. The summed E-state index contributed by atoms with van der Waals surface area (Å²) in [7, 11) is 0. The van der Waals surface area contributed by atoms with Gasteiger partial charge in [0.15, 0.2) is 5.82 Å². The van der Waals surface area contributed by atoms with E-state index in [9.17, 15) is 10.1 Å². The Morgan fingerprint density at radius 3 is 2.78 bits per heavy atom. The van der Waals surface area contributed by atoms with Crippen LogP contribution in [0.15, 0.2) is 18.2 Å². The lowest BCUT2D eigenvalue weighted by molar-refractivity contribution is -0.385. The van der Waals surface area contributed by atoms with Crippen LogP contribution < -0.4 is 0 Å². The maximum atomic E-state index is 10.7. The number of rotatable bonds is 3. The van der Waals surface area contributed by atoms with Crippen LogP contribution in [0.4, 0.5) is 5.69 Å². The minimum atomic E-state index is -0.427. The lowest BCUT2D eigenvalue weighted by atomic mass is 10.2. The predicted molar refractivity (Wildman–Crippen MR) is 64.8 cm³/mol. The van der Waals surface area contributed by atoms with Crippen molar-refractivity contribution in [1.82, 2.24) is 20.2 Å². The van der Waals surface area contributed by atoms with Gasteiger partial charge in [-0.15, -0.1) is 16.7 Å². The zero-order valence-electron chi connectivity index (χ0n) is 9.74. The molecule has 18 heavy (non-hydrogen) atoms. The molecule has 1 aromatic heterocycles. The molecule has 0 aliphatic carbocycles. The van der Waals surface area contributed by atoms with Gasteiger partial charge in [-0.05, 0) is 36.4 Å². The van der Waals surface area contributed by atoms with Gasteiger partial charge in [-0.1, -0.05) is 0 Å². The molecule has 0 radical (unpaired) electrons. The van der Waals surface area contributed by atoms with Crippen molar-refractivity contribution in [3.8, 4) is 5.69 Å². The second-order valence-corrected chi connectivity index (χ2v) is 4.45. The second kappa shape index (κ2) is 4.69. The standard InChI is InChI=1S/C10H10ClN5O2/c1-6-5-8(3-4-9(6)16(17)18)15-10(7(2)11)12-13-14-15/h3-5,7H,1-2H3. The Labute approximate surface area is 108 Å². The molecule has 0 spiro atoms. The van der Waals surface area contributed by atoms with Crippen LogP contribution in [0, 0.1) is 17.0 Å². The number of tetrazole rings is 1. The Kier molecular flexibility index (Phi) is 3.24. The lowest BCUT2D eigenvalue weighted by Crippen LogP contribution is -2.04. The molecule has 1 atom stereocenters. The zero-order valence-corrected chi connectivity index (χ0v) is 10.5. The normalized spacial score (nSPS) is 12.4. The van der Waals surface area contributed by atoms with E-state index in [4.69, 9.17) is 11.6 Å². The highest BCUT2D eigenvalue weighted by Gasteiger charge is 2.16. The van der Waals surface area contributed by atoms with Gasteiger partial charge in [-0.25, -0.2) is 0 Å². The minimum absolute atomic E-state index is 0.0623. The summed E-state index contributed by atoms with van der Waals surface area (Å²) in [6.07, 6.45) is 0. The first-order valence-electron chi connectivity index (χ1n) is 5.18. The highest BCUT2D eigenvalue weighted by atomic mass is 35.5. The molecule has 1 unspecified atom stereocenters. The van der Waals surface area contributed by atoms with E-state index >= 15 is 0 Å². The molecule has 0 aliphatic rings. The molecule has 0 aliphatic heterocycles. The lowest BCUT2D eigenvalue weighted by Gasteiger charge is -2.06. The van der Waals surface area contributed by atoms with Gasteiger partial charge in [-0.2, -0.15) is 4.68 Å². The number of nitro benzene ring substituents is 1. The van der Waals surface area contributed by atoms with Crippen LogP contribution >= 0.6 is 11.6 Å². The number of hydrogen-bond donors (Lipinski definition) is 0. The molecule has 1 heterocycles. The summed E-state index contributed by atoms with van der Waals surface area (Å²) >= 11 is 5.95. The first-order chi connectivity index (χ1) is 8.50. The summed E-state index contributed by atoms with van der Waals surface area (Å²) in [4.78, 5) is 10.3. The topological polar surface area (TPSA) is 86.7 Å². The molecule has 0 saturated heterocycles. The molecule has 8 heteroatoms. The third kappa shape index (κ3) is 2.17. The van der Waals surface area contributed by atoms with Crippen LogP contribution in [0.3, 0.4) is 0 Å². The molecule has 0 N–H and O–H groups in total. The van der Waals surface area contributed by atoms with E-state index in [2.05, 4.69) is 15.5 Å². The van der Waals surface area contributed by atoms with Crippen molar-refractivity contribution in [3.63, 3.8) is 0 Å².